The summed E-state index contributed by atoms with van der Waals surface area (Å²) in [7, 11) is 0. The number of nitrogen functional groups attached to an aromatic ring is 1. The van der Waals surface area contributed by atoms with Crippen LogP contribution in [0.15, 0.2) is 6.07 Å². The Morgan fingerprint density at radius 1 is 1.71 bits per heavy atom. The first-order valence-electron chi connectivity index (χ1n) is 4.48. The third-order valence-electron chi connectivity index (χ3n) is 1.87. The molecule has 3 nitrogen and oxygen atoms in total. The van der Waals surface area contributed by atoms with E-state index < -0.39 is 0 Å². The predicted octanol–water partition coefficient (Wildman–Crippen LogP) is 2.35. The number of aryl methyl sites for hydroxylation is 1. The van der Waals surface area contributed by atoms with E-state index in [4.69, 9.17) is 17.4 Å². The second-order valence-electron chi connectivity index (χ2n) is 2.96. The van der Waals surface area contributed by atoms with Crippen molar-refractivity contribution in [3.63, 3.8) is 0 Å². The van der Waals surface area contributed by atoms with Crippen LogP contribution in [0.1, 0.15) is 34.3 Å². The maximum Gasteiger partial charge on any atom is 0.275 e. The highest BCUT2D eigenvalue weighted by Crippen LogP contribution is 2.28. The molecule has 1 aromatic rings. The molecule has 0 fully saturated rings. The predicted molar refractivity (Wildman–Crippen MR) is 59.6 cm³/mol. The van der Waals surface area contributed by atoms with Crippen LogP contribution in [0.4, 0.5) is 0 Å². The zero-order chi connectivity index (χ0) is 10.6. The molecule has 14 heavy (non-hydrogen) atoms. The van der Waals surface area contributed by atoms with Crippen LogP contribution in [0, 0.1) is 0 Å². The molecule has 5 heteroatoms. The van der Waals surface area contributed by atoms with E-state index in [1.165, 1.54) is 11.3 Å². The van der Waals surface area contributed by atoms with E-state index in [1.807, 2.05) is 0 Å². The van der Waals surface area contributed by atoms with E-state index >= 15 is 0 Å². The lowest BCUT2D eigenvalue weighted by Gasteiger charge is -1.94. The maximum atomic E-state index is 11.2. The van der Waals surface area contributed by atoms with Crippen LogP contribution in [0.3, 0.4) is 0 Å². The molecular formula is C9H13ClN2OS. The molecule has 1 heterocycles. The standard InChI is InChI=1S/C9H13ClN2OS/c1-2-3-4-7-6(10)5-8(14-7)9(13)12-11/h5H,2-4,11H2,1H3,(H,12,13). The zero-order valence-corrected chi connectivity index (χ0v) is 9.54. The third-order valence-corrected chi connectivity index (χ3v) is 3.51. The highest BCUT2D eigenvalue weighted by atomic mass is 35.5. The first-order valence-corrected chi connectivity index (χ1v) is 5.67. The van der Waals surface area contributed by atoms with Crippen molar-refractivity contribution in [2.45, 2.75) is 26.2 Å². The molecule has 3 N–H and O–H groups in total. The molecular weight excluding hydrogens is 220 g/mol. The van der Waals surface area contributed by atoms with Crippen molar-refractivity contribution >= 4 is 28.8 Å². The molecule has 1 aromatic heterocycles. The maximum absolute atomic E-state index is 11.2. The van der Waals surface area contributed by atoms with Crippen LogP contribution < -0.4 is 11.3 Å². The van der Waals surface area contributed by atoms with E-state index in [0.29, 0.717) is 9.90 Å². The summed E-state index contributed by atoms with van der Waals surface area (Å²) in [6.45, 7) is 2.12. The minimum atomic E-state index is -0.278. The largest absolute Gasteiger partial charge is 0.289 e. The Morgan fingerprint density at radius 2 is 2.43 bits per heavy atom. The number of hydrogen-bond acceptors (Lipinski definition) is 3. The fourth-order valence-corrected chi connectivity index (χ4v) is 2.48. The SMILES string of the molecule is CCCCc1sc(C(=O)NN)cc1Cl. The van der Waals surface area contributed by atoms with Crippen LogP contribution in [-0.4, -0.2) is 5.91 Å². The van der Waals surface area contributed by atoms with E-state index in [0.717, 1.165) is 24.1 Å². The topological polar surface area (TPSA) is 55.1 Å². The van der Waals surface area contributed by atoms with Gasteiger partial charge in [-0.05, 0) is 18.9 Å². The average Bonchev–Trinajstić information content (AvgIpc) is 2.56. The Kier molecular flexibility index (Phi) is 4.38. The van der Waals surface area contributed by atoms with Crippen LogP contribution in [0.25, 0.3) is 0 Å². The molecule has 0 aliphatic heterocycles. The minimum absolute atomic E-state index is 0.278. The summed E-state index contributed by atoms with van der Waals surface area (Å²) in [6.07, 6.45) is 3.13. The number of halogens is 1. The molecule has 1 rings (SSSR count). The second-order valence-corrected chi connectivity index (χ2v) is 4.50. The number of amides is 1. The number of rotatable bonds is 4. The monoisotopic (exact) mass is 232 g/mol. The molecule has 0 spiro atoms. The fourth-order valence-electron chi connectivity index (χ4n) is 1.10. The molecule has 0 bridgehead atoms. The van der Waals surface area contributed by atoms with Crippen molar-refractivity contribution in [2.24, 2.45) is 5.84 Å². The highest BCUT2D eigenvalue weighted by Gasteiger charge is 2.11. The summed E-state index contributed by atoms with van der Waals surface area (Å²) in [6, 6.07) is 1.67. The zero-order valence-electron chi connectivity index (χ0n) is 7.97. The number of carbonyl (C=O) groups excluding carboxylic acids is 1. The lowest BCUT2D eigenvalue weighted by molar-refractivity contribution is 0.0957. The molecule has 0 saturated heterocycles. The highest BCUT2D eigenvalue weighted by molar-refractivity contribution is 7.14. The molecule has 0 saturated carbocycles. The van der Waals surface area contributed by atoms with E-state index in [-0.39, 0.29) is 5.91 Å². The van der Waals surface area contributed by atoms with Gasteiger partial charge in [0.2, 0.25) is 0 Å². The van der Waals surface area contributed by atoms with Gasteiger partial charge in [0, 0.05) is 4.88 Å². The van der Waals surface area contributed by atoms with Gasteiger partial charge in [0.15, 0.2) is 0 Å². The van der Waals surface area contributed by atoms with Gasteiger partial charge in [-0.1, -0.05) is 24.9 Å². The van der Waals surface area contributed by atoms with Crippen molar-refractivity contribution < 1.29 is 4.79 Å². The number of carbonyl (C=O) groups is 1. The molecule has 0 radical (unpaired) electrons. The number of unbranched alkanes of at least 4 members (excludes halogenated alkanes) is 1. The minimum Gasteiger partial charge on any atom is -0.289 e. The number of thiophene rings is 1. The lowest BCUT2D eigenvalue weighted by Crippen LogP contribution is -2.29. The van der Waals surface area contributed by atoms with Gasteiger partial charge < -0.3 is 0 Å². The third kappa shape index (κ3) is 2.70. The summed E-state index contributed by atoms with van der Waals surface area (Å²) in [4.78, 5) is 12.8. The second kappa shape index (κ2) is 5.34. The number of nitrogens with two attached hydrogens (primary N) is 1. The Labute approximate surface area is 92.2 Å². The van der Waals surface area contributed by atoms with Gasteiger partial charge >= 0.3 is 0 Å². The van der Waals surface area contributed by atoms with Crippen LogP contribution in [0.2, 0.25) is 5.02 Å². The van der Waals surface area contributed by atoms with Gasteiger partial charge in [0.1, 0.15) is 0 Å². The molecule has 0 unspecified atom stereocenters. The summed E-state index contributed by atoms with van der Waals surface area (Å²) < 4.78 is 0. The first-order chi connectivity index (χ1) is 6.69. The normalized spacial score (nSPS) is 10.2. The van der Waals surface area contributed by atoms with Crippen molar-refractivity contribution in [3.05, 3.63) is 20.8 Å². The molecule has 0 aromatic carbocycles. The Hall–Kier alpha value is -0.580. The Morgan fingerprint density at radius 3 is 3.00 bits per heavy atom. The average molecular weight is 233 g/mol. The van der Waals surface area contributed by atoms with Crippen LogP contribution in [-0.2, 0) is 6.42 Å². The van der Waals surface area contributed by atoms with E-state index in [9.17, 15) is 4.79 Å². The summed E-state index contributed by atoms with van der Waals surface area (Å²) in [5.41, 5.74) is 2.09. The molecule has 0 atom stereocenters. The van der Waals surface area contributed by atoms with Gasteiger partial charge in [0.05, 0.1) is 9.90 Å². The molecule has 78 valence electrons. The molecule has 1 amide bonds. The number of hydrogen-bond donors (Lipinski definition) is 2. The van der Waals surface area contributed by atoms with Gasteiger partial charge in [-0.2, -0.15) is 0 Å². The van der Waals surface area contributed by atoms with Crippen molar-refractivity contribution in [3.8, 4) is 0 Å². The van der Waals surface area contributed by atoms with E-state index in [1.54, 1.807) is 6.07 Å². The summed E-state index contributed by atoms with van der Waals surface area (Å²) in [5.74, 6) is 4.75. The van der Waals surface area contributed by atoms with E-state index in [2.05, 4.69) is 12.3 Å². The Balaban J connectivity index is 2.76. The number of hydrazine groups is 1. The van der Waals surface area contributed by atoms with Gasteiger partial charge in [0.25, 0.3) is 5.91 Å². The Bertz CT molecular complexity index is 325. The smallest absolute Gasteiger partial charge is 0.275 e. The molecule has 0 aliphatic carbocycles. The van der Waals surface area contributed by atoms with Crippen molar-refractivity contribution in [1.29, 1.82) is 0 Å². The van der Waals surface area contributed by atoms with Crippen molar-refractivity contribution in [1.82, 2.24) is 5.43 Å². The summed E-state index contributed by atoms with van der Waals surface area (Å²) in [5, 5.41) is 0.669. The summed E-state index contributed by atoms with van der Waals surface area (Å²) >= 11 is 7.38. The lowest BCUT2D eigenvalue weighted by atomic mass is 10.2. The fraction of sp³-hybridized carbons (Fsp3) is 0.444. The van der Waals surface area contributed by atoms with Gasteiger partial charge in [-0.25, -0.2) is 5.84 Å². The van der Waals surface area contributed by atoms with Gasteiger partial charge in [-0.15, -0.1) is 11.3 Å². The van der Waals surface area contributed by atoms with Gasteiger partial charge in [-0.3, -0.25) is 10.2 Å². The van der Waals surface area contributed by atoms with Crippen LogP contribution in [0.5, 0.6) is 0 Å². The first kappa shape index (κ1) is 11.5. The quantitative estimate of drug-likeness (QED) is 0.476. The number of nitrogens with one attached hydrogen (secondary N) is 1. The van der Waals surface area contributed by atoms with Crippen LogP contribution >= 0.6 is 22.9 Å². The molecule has 0 aliphatic rings. The van der Waals surface area contributed by atoms with Crippen molar-refractivity contribution in [2.75, 3.05) is 0 Å².